The Morgan fingerprint density at radius 3 is 2.48 bits per heavy atom. The van der Waals surface area contributed by atoms with Gasteiger partial charge < -0.3 is 14.6 Å². The Kier molecular flexibility index (Phi) is 6.17. The summed E-state index contributed by atoms with van der Waals surface area (Å²) in [6.07, 6.45) is 1.11. The molecule has 0 saturated heterocycles. The van der Waals surface area contributed by atoms with Crippen LogP contribution < -0.4 is 4.74 Å². The maximum Gasteiger partial charge on any atom is 0.337 e. The van der Waals surface area contributed by atoms with Gasteiger partial charge in [-0.1, -0.05) is 49.4 Å². The van der Waals surface area contributed by atoms with Gasteiger partial charge >= 0.3 is 11.9 Å². The highest BCUT2D eigenvalue weighted by Crippen LogP contribution is 2.28. The minimum atomic E-state index is -0.797. The number of methoxy groups -OCH3 is 2. The Morgan fingerprint density at radius 1 is 1.00 bits per heavy atom. The van der Waals surface area contributed by atoms with E-state index in [9.17, 15) is 14.7 Å². The van der Waals surface area contributed by atoms with E-state index in [2.05, 4.69) is 12.1 Å². The molecule has 0 spiro atoms. The third-order valence-electron chi connectivity index (χ3n) is 5.09. The van der Waals surface area contributed by atoms with Crippen LogP contribution >= 0.6 is 0 Å². The van der Waals surface area contributed by atoms with Crippen molar-refractivity contribution >= 4 is 22.7 Å². The van der Waals surface area contributed by atoms with Crippen LogP contribution in [0.15, 0.2) is 54.6 Å². The number of carbonyl (C=O) groups is 2. The number of ether oxygens (including phenoxy) is 2. The van der Waals surface area contributed by atoms with E-state index < -0.39 is 17.9 Å². The number of hydrogen-bond acceptors (Lipinski definition) is 4. The van der Waals surface area contributed by atoms with Gasteiger partial charge in [0.25, 0.3) is 0 Å². The van der Waals surface area contributed by atoms with E-state index in [-0.39, 0.29) is 0 Å². The van der Waals surface area contributed by atoms with Gasteiger partial charge in [-0.25, -0.2) is 4.79 Å². The van der Waals surface area contributed by atoms with Crippen molar-refractivity contribution in [2.24, 2.45) is 5.92 Å². The van der Waals surface area contributed by atoms with Gasteiger partial charge in [0, 0.05) is 6.42 Å². The molecule has 1 N–H and O–H groups in total. The summed E-state index contributed by atoms with van der Waals surface area (Å²) in [4.78, 5) is 23.0. The first kappa shape index (κ1) is 20.4. The summed E-state index contributed by atoms with van der Waals surface area (Å²) < 4.78 is 10.3. The maximum atomic E-state index is 11.8. The molecular formula is C24H24O5. The van der Waals surface area contributed by atoms with Crippen molar-refractivity contribution in [3.63, 3.8) is 0 Å². The van der Waals surface area contributed by atoms with Crippen LogP contribution in [0.25, 0.3) is 10.8 Å². The van der Waals surface area contributed by atoms with Gasteiger partial charge in [0.2, 0.25) is 0 Å². The second kappa shape index (κ2) is 8.78. The second-order valence-corrected chi connectivity index (χ2v) is 7.11. The van der Waals surface area contributed by atoms with Gasteiger partial charge in [0.15, 0.2) is 0 Å². The standard InChI is InChI=1S/C24H24O5/c1-15(23(25)26)11-16-7-8-17-5-4-6-18(21(17)12-16)13-19-9-10-20(24(27)29-3)14-22(19)28-2/h4-10,12,14-15H,11,13H2,1-3H3,(H,25,26). The van der Waals surface area contributed by atoms with Gasteiger partial charge in [-0.3, -0.25) is 4.79 Å². The average molecular weight is 392 g/mol. The van der Waals surface area contributed by atoms with E-state index in [0.717, 1.165) is 27.5 Å². The number of fused-ring (bicyclic) bond motifs is 1. The molecule has 1 atom stereocenters. The number of carbonyl (C=O) groups excluding carboxylic acids is 1. The first-order chi connectivity index (χ1) is 13.9. The van der Waals surface area contributed by atoms with Gasteiger partial charge in [0.1, 0.15) is 5.75 Å². The number of hydrogen-bond donors (Lipinski definition) is 1. The molecule has 0 aromatic heterocycles. The molecule has 3 aromatic rings. The van der Waals surface area contributed by atoms with Crippen LogP contribution in [0.4, 0.5) is 0 Å². The molecule has 29 heavy (non-hydrogen) atoms. The molecule has 3 aromatic carbocycles. The molecule has 0 aliphatic rings. The van der Waals surface area contributed by atoms with Crippen molar-refractivity contribution in [1.29, 1.82) is 0 Å². The number of carboxylic acids is 1. The molecule has 0 bridgehead atoms. The summed E-state index contributed by atoms with van der Waals surface area (Å²) in [6, 6.07) is 17.5. The third-order valence-corrected chi connectivity index (χ3v) is 5.09. The van der Waals surface area contributed by atoms with E-state index in [1.54, 1.807) is 26.2 Å². The highest BCUT2D eigenvalue weighted by atomic mass is 16.5. The predicted molar refractivity (Wildman–Crippen MR) is 112 cm³/mol. The van der Waals surface area contributed by atoms with E-state index in [4.69, 9.17) is 9.47 Å². The lowest BCUT2D eigenvalue weighted by Crippen LogP contribution is -2.12. The number of esters is 1. The molecule has 0 heterocycles. The predicted octanol–water partition coefficient (Wildman–Crippen LogP) is 4.49. The Morgan fingerprint density at radius 2 is 1.79 bits per heavy atom. The van der Waals surface area contributed by atoms with E-state index >= 15 is 0 Å². The van der Waals surface area contributed by atoms with Crippen LogP contribution in [-0.2, 0) is 22.4 Å². The van der Waals surface area contributed by atoms with Crippen LogP contribution in [0.3, 0.4) is 0 Å². The highest BCUT2D eigenvalue weighted by molar-refractivity contribution is 5.90. The fourth-order valence-electron chi connectivity index (χ4n) is 3.45. The van der Waals surface area contributed by atoms with Crippen molar-refractivity contribution in [3.8, 4) is 5.75 Å². The van der Waals surface area contributed by atoms with E-state index in [1.807, 2.05) is 30.3 Å². The number of carboxylic acid groups (broad SMARTS) is 1. The Labute approximate surface area is 169 Å². The Balaban J connectivity index is 1.97. The maximum absolute atomic E-state index is 11.8. The van der Waals surface area contributed by atoms with Crippen molar-refractivity contribution in [1.82, 2.24) is 0 Å². The zero-order chi connectivity index (χ0) is 21.0. The Bertz CT molecular complexity index is 1050. The summed E-state index contributed by atoms with van der Waals surface area (Å²) in [7, 11) is 2.93. The normalized spacial score (nSPS) is 11.8. The molecule has 5 nitrogen and oxygen atoms in total. The summed E-state index contributed by atoms with van der Waals surface area (Å²) in [5.74, 6) is -1.02. The highest BCUT2D eigenvalue weighted by Gasteiger charge is 2.14. The van der Waals surface area contributed by atoms with Crippen molar-refractivity contribution in [2.75, 3.05) is 14.2 Å². The zero-order valence-corrected chi connectivity index (χ0v) is 16.8. The number of rotatable bonds is 7. The molecule has 0 saturated carbocycles. The van der Waals surface area contributed by atoms with Gasteiger partial charge in [0.05, 0.1) is 25.7 Å². The SMILES string of the molecule is COC(=O)c1ccc(Cc2cccc3ccc(CC(C)C(=O)O)cc23)c(OC)c1. The first-order valence-corrected chi connectivity index (χ1v) is 9.41. The quantitative estimate of drug-likeness (QED) is 0.600. The molecule has 3 rings (SSSR count). The van der Waals surface area contributed by atoms with E-state index in [0.29, 0.717) is 24.2 Å². The molecule has 0 aliphatic carbocycles. The molecule has 5 heteroatoms. The summed E-state index contributed by atoms with van der Waals surface area (Å²) in [6.45, 7) is 1.71. The lowest BCUT2D eigenvalue weighted by Gasteiger charge is -2.13. The van der Waals surface area contributed by atoms with Crippen LogP contribution in [0.1, 0.15) is 34.0 Å². The summed E-state index contributed by atoms with van der Waals surface area (Å²) in [5, 5.41) is 11.4. The van der Waals surface area contributed by atoms with Crippen LogP contribution in [0.5, 0.6) is 5.75 Å². The minimum Gasteiger partial charge on any atom is -0.496 e. The number of benzene rings is 3. The molecule has 0 fully saturated rings. The fourth-order valence-corrected chi connectivity index (χ4v) is 3.45. The monoisotopic (exact) mass is 392 g/mol. The Hall–Kier alpha value is -3.34. The lowest BCUT2D eigenvalue weighted by molar-refractivity contribution is -0.141. The second-order valence-electron chi connectivity index (χ2n) is 7.11. The summed E-state index contributed by atoms with van der Waals surface area (Å²) >= 11 is 0. The molecule has 0 amide bonds. The smallest absolute Gasteiger partial charge is 0.337 e. The van der Waals surface area contributed by atoms with Gasteiger partial charge in [-0.2, -0.15) is 0 Å². The van der Waals surface area contributed by atoms with Crippen molar-refractivity contribution in [3.05, 3.63) is 76.9 Å². The molecule has 0 radical (unpaired) electrons. The molecule has 150 valence electrons. The first-order valence-electron chi connectivity index (χ1n) is 9.41. The number of aliphatic carboxylic acids is 1. The lowest BCUT2D eigenvalue weighted by atomic mass is 9.93. The van der Waals surface area contributed by atoms with Crippen molar-refractivity contribution < 1.29 is 24.2 Å². The minimum absolute atomic E-state index is 0.405. The molecule has 1 unspecified atom stereocenters. The molecular weight excluding hydrogens is 368 g/mol. The van der Waals surface area contributed by atoms with Crippen LogP contribution in [0.2, 0.25) is 0 Å². The van der Waals surface area contributed by atoms with Gasteiger partial charge in [-0.15, -0.1) is 0 Å². The topological polar surface area (TPSA) is 72.8 Å². The third kappa shape index (κ3) is 4.57. The van der Waals surface area contributed by atoms with Crippen LogP contribution in [0, 0.1) is 5.92 Å². The van der Waals surface area contributed by atoms with Crippen molar-refractivity contribution in [2.45, 2.75) is 19.8 Å². The van der Waals surface area contributed by atoms with Crippen LogP contribution in [-0.4, -0.2) is 31.3 Å². The average Bonchev–Trinajstić information content (AvgIpc) is 2.73. The summed E-state index contributed by atoms with van der Waals surface area (Å²) in [5.41, 5.74) is 3.50. The van der Waals surface area contributed by atoms with E-state index in [1.165, 1.54) is 7.11 Å². The largest absolute Gasteiger partial charge is 0.496 e. The molecule has 0 aliphatic heterocycles. The van der Waals surface area contributed by atoms with Gasteiger partial charge in [-0.05, 0) is 46.0 Å². The zero-order valence-electron chi connectivity index (χ0n) is 16.8. The fraction of sp³-hybridized carbons (Fsp3) is 0.250.